The lowest BCUT2D eigenvalue weighted by atomic mass is 10.1. The van der Waals surface area contributed by atoms with Crippen LogP contribution in [0, 0.1) is 5.82 Å². The molecule has 8 heteroatoms. The molecule has 1 heterocycles. The van der Waals surface area contributed by atoms with Gasteiger partial charge in [-0.1, -0.05) is 0 Å². The molecule has 0 atom stereocenters. The summed E-state index contributed by atoms with van der Waals surface area (Å²) in [6.07, 6.45) is 1.18. The van der Waals surface area contributed by atoms with Crippen molar-refractivity contribution in [3.05, 3.63) is 41.5 Å². The summed E-state index contributed by atoms with van der Waals surface area (Å²) in [6, 6.07) is 3.72. The average Bonchev–Trinajstić information content (AvgIpc) is 2.53. The maximum Gasteiger partial charge on any atom is 0.359 e. The Kier molecular flexibility index (Phi) is 5.54. The van der Waals surface area contributed by atoms with E-state index in [1.165, 1.54) is 18.3 Å². The SMILES string of the molecule is CCOC(=O)c1ncc(N)nc1-c1ccc(C(=O)OC(C)(C)C)cc1F. The van der Waals surface area contributed by atoms with Gasteiger partial charge in [0, 0.05) is 5.56 Å². The first-order valence-corrected chi connectivity index (χ1v) is 7.95. The van der Waals surface area contributed by atoms with E-state index in [-0.39, 0.29) is 34.9 Å². The standard InChI is InChI=1S/C18H20FN3O4/c1-5-25-17(24)15-14(22-13(20)9-21-15)11-7-6-10(8-12(11)19)16(23)26-18(2,3)4/h6-9H,5H2,1-4H3,(H2,20,22). The molecule has 0 amide bonds. The summed E-state index contributed by atoms with van der Waals surface area (Å²) in [7, 11) is 0. The third-order valence-electron chi connectivity index (χ3n) is 3.12. The Balaban J connectivity index is 2.46. The van der Waals surface area contributed by atoms with Crippen LogP contribution in [0.3, 0.4) is 0 Å². The van der Waals surface area contributed by atoms with Crippen molar-refractivity contribution < 1.29 is 23.5 Å². The number of aromatic nitrogens is 2. The second-order valence-electron chi connectivity index (χ2n) is 6.41. The van der Waals surface area contributed by atoms with Crippen LogP contribution in [0.5, 0.6) is 0 Å². The highest BCUT2D eigenvalue weighted by Gasteiger charge is 2.23. The molecule has 0 bridgehead atoms. The molecule has 2 N–H and O–H groups in total. The van der Waals surface area contributed by atoms with Crippen LogP contribution >= 0.6 is 0 Å². The van der Waals surface area contributed by atoms with Gasteiger partial charge in [0.1, 0.15) is 22.9 Å². The second kappa shape index (κ2) is 7.47. The summed E-state index contributed by atoms with van der Waals surface area (Å²) in [5.74, 6) is -2.15. The average molecular weight is 361 g/mol. The number of nitrogens with two attached hydrogens (primary N) is 1. The van der Waals surface area contributed by atoms with E-state index in [0.29, 0.717) is 0 Å². The summed E-state index contributed by atoms with van der Waals surface area (Å²) in [4.78, 5) is 32.0. The Morgan fingerprint density at radius 1 is 1.23 bits per heavy atom. The van der Waals surface area contributed by atoms with Crippen LogP contribution in [0.25, 0.3) is 11.3 Å². The van der Waals surface area contributed by atoms with Gasteiger partial charge in [-0.2, -0.15) is 0 Å². The molecule has 2 aromatic rings. The van der Waals surface area contributed by atoms with Gasteiger partial charge >= 0.3 is 11.9 Å². The zero-order valence-electron chi connectivity index (χ0n) is 15.0. The van der Waals surface area contributed by atoms with Crippen molar-refractivity contribution in [1.82, 2.24) is 9.97 Å². The highest BCUT2D eigenvalue weighted by atomic mass is 19.1. The Morgan fingerprint density at radius 2 is 1.92 bits per heavy atom. The van der Waals surface area contributed by atoms with Crippen molar-refractivity contribution in [2.24, 2.45) is 0 Å². The first-order valence-electron chi connectivity index (χ1n) is 7.95. The summed E-state index contributed by atoms with van der Waals surface area (Å²) < 4.78 is 24.7. The number of carbonyl (C=O) groups is 2. The molecule has 0 spiro atoms. The number of nitrogen functional groups attached to an aromatic ring is 1. The molecular weight excluding hydrogens is 341 g/mol. The normalized spacial score (nSPS) is 11.1. The number of hydrogen-bond donors (Lipinski definition) is 1. The minimum atomic E-state index is -0.765. The number of ether oxygens (including phenoxy) is 2. The fourth-order valence-corrected chi connectivity index (χ4v) is 2.11. The van der Waals surface area contributed by atoms with E-state index in [2.05, 4.69) is 9.97 Å². The van der Waals surface area contributed by atoms with Crippen molar-refractivity contribution in [1.29, 1.82) is 0 Å². The van der Waals surface area contributed by atoms with E-state index in [1.807, 2.05) is 0 Å². The third-order valence-corrected chi connectivity index (χ3v) is 3.12. The van der Waals surface area contributed by atoms with Crippen LogP contribution < -0.4 is 5.73 Å². The predicted molar refractivity (Wildman–Crippen MR) is 93.0 cm³/mol. The molecule has 0 radical (unpaired) electrons. The van der Waals surface area contributed by atoms with Crippen LogP contribution in [0.15, 0.2) is 24.4 Å². The highest BCUT2D eigenvalue weighted by Crippen LogP contribution is 2.26. The van der Waals surface area contributed by atoms with Gasteiger partial charge in [0.25, 0.3) is 0 Å². The smallest absolute Gasteiger partial charge is 0.359 e. The Morgan fingerprint density at radius 3 is 2.50 bits per heavy atom. The van der Waals surface area contributed by atoms with Crippen LogP contribution in [0.2, 0.25) is 0 Å². The number of nitrogens with zero attached hydrogens (tertiary/aromatic N) is 2. The van der Waals surface area contributed by atoms with Crippen molar-refractivity contribution in [2.45, 2.75) is 33.3 Å². The number of rotatable bonds is 4. The Labute approximate surface area is 150 Å². The zero-order valence-corrected chi connectivity index (χ0v) is 15.0. The van der Waals surface area contributed by atoms with E-state index < -0.39 is 23.4 Å². The summed E-state index contributed by atoms with van der Waals surface area (Å²) in [5.41, 5.74) is 4.70. The van der Waals surface area contributed by atoms with E-state index in [1.54, 1.807) is 27.7 Å². The molecule has 0 aliphatic rings. The predicted octanol–water partition coefficient (Wildman–Crippen LogP) is 3.00. The molecule has 0 saturated carbocycles. The van der Waals surface area contributed by atoms with E-state index in [9.17, 15) is 14.0 Å². The number of halogens is 1. The second-order valence-corrected chi connectivity index (χ2v) is 6.41. The first kappa shape index (κ1) is 19.3. The van der Waals surface area contributed by atoms with Gasteiger partial charge in [-0.25, -0.2) is 23.9 Å². The summed E-state index contributed by atoms with van der Waals surface area (Å²) in [6.45, 7) is 6.90. The maximum atomic E-state index is 14.6. The lowest BCUT2D eigenvalue weighted by Gasteiger charge is -2.19. The van der Waals surface area contributed by atoms with Gasteiger partial charge < -0.3 is 15.2 Å². The number of benzene rings is 1. The van der Waals surface area contributed by atoms with Gasteiger partial charge in [-0.05, 0) is 45.9 Å². The monoisotopic (exact) mass is 361 g/mol. The molecule has 0 unspecified atom stereocenters. The van der Waals surface area contributed by atoms with Crippen LogP contribution in [-0.4, -0.2) is 34.1 Å². The number of hydrogen-bond acceptors (Lipinski definition) is 7. The molecule has 1 aromatic heterocycles. The van der Waals surface area contributed by atoms with E-state index >= 15 is 0 Å². The topological polar surface area (TPSA) is 104 Å². The van der Waals surface area contributed by atoms with Crippen molar-refractivity contribution >= 4 is 17.8 Å². The van der Waals surface area contributed by atoms with Crippen molar-refractivity contribution in [3.63, 3.8) is 0 Å². The molecule has 0 aliphatic carbocycles. The van der Waals surface area contributed by atoms with Gasteiger partial charge in [-0.15, -0.1) is 0 Å². The largest absolute Gasteiger partial charge is 0.461 e. The minimum absolute atomic E-state index is 0.0173. The van der Waals surface area contributed by atoms with Gasteiger partial charge in [0.05, 0.1) is 18.4 Å². The van der Waals surface area contributed by atoms with Crippen LogP contribution in [0.1, 0.15) is 48.5 Å². The Bertz CT molecular complexity index is 847. The van der Waals surface area contributed by atoms with Gasteiger partial charge in [-0.3, -0.25) is 0 Å². The fourth-order valence-electron chi connectivity index (χ4n) is 2.11. The van der Waals surface area contributed by atoms with Crippen molar-refractivity contribution in [3.8, 4) is 11.3 Å². The first-order chi connectivity index (χ1) is 12.1. The third kappa shape index (κ3) is 4.53. The van der Waals surface area contributed by atoms with Gasteiger partial charge in [0.2, 0.25) is 0 Å². The maximum absolute atomic E-state index is 14.6. The molecule has 138 valence electrons. The Hall–Kier alpha value is -3.03. The number of esters is 2. The summed E-state index contributed by atoms with van der Waals surface area (Å²) >= 11 is 0. The molecular formula is C18H20FN3O4. The van der Waals surface area contributed by atoms with Crippen molar-refractivity contribution in [2.75, 3.05) is 12.3 Å². The molecule has 26 heavy (non-hydrogen) atoms. The van der Waals surface area contributed by atoms with Gasteiger partial charge in [0.15, 0.2) is 5.69 Å². The molecule has 1 aromatic carbocycles. The fraction of sp³-hybridized carbons (Fsp3) is 0.333. The zero-order chi connectivity index (χ0) is 19.5. The number of anilines is 1. The highest BCUT2D eigenvalue weighted by molar-refractivity contribution is 5.95. The lowest BCUT2D eigenvalue weighted by Crippen LogP contribution is -2.24. The van der Waals surface area contributed by atoms with Crippen LogP contribution in [0.4, 0.5) is 10.2 Å². The van der Waals surface area contributed by atoms with E-state index in [0.717, 1.165) is 6.07 Å². The minimum Gasteiger partial charge on any atom is -0.461 e. The quantitative estimate of drug-likeness (QED) is 0.835. The lowest BCUT2D eigenvalue weighted by molar-refractivity contribution is 0.00687. The van der Waals surface area contributed by atoms with Crippen LogP contribution in [-0.2, 0) is 9.47 Å². The molecule has 0 saturated heterocycles. The molecule has 0 aliphatic heterocycles. The molecule has 0 fully saturated rings. The molecule has 7 nitrogen and oxygen atoms in total. The number of carbonyl (C=O) groups excluding carboxylic acids is 2. The molecule has 2 rings (SSSR count). The van der Waals surface area contributed by atoms with E-state index in [4.69, 9.17) is 15.2 Å². The summed E-state index contributed by atoms with van der Waals surface area (Å²) in [5, 5.41) is 0.